The average Bonchev–Trinajstić information content (AvgIpc) is 3.19. The summed E-state index contributed by atoms with van der Waals surface area (Å²) in [5, 5.41) is 18.0. The molecule has 152 valence electrons. The first kappa shape index (κ1) is 21.3. The zero-order chi connectivity index (χ0) is 21.5. The lowest BCUT2D eigenvalue weighted by atomic mass is 10.0. The number of benzene rings is 2. The minimum atomic E-state index is -0.114. The van der Waals surface area contributed by atoms with Gasteiger partial charge in [-0.25, -0.2) is 4.98 Å². The van der Waals surface area contributed by atoms with Gasteiger partial charge in [-0.05, 0) is 42.2 Å². The first-order valence-electron chi connectivity index (χ1n) is 9.74. The molecule has 0 saturated heterocycles. The number of allylic oxidation sites excluding steroid dienone is 1. The second kappa shape index (κ2) is 9.86. The molecule has 0 aliphatic rings. The van der Waals surface area contributed by atoms with E-state index >= 15 is 0 Å². The molecule has 2 N–H and O–H groups in total. The number of aromatic nitrogens is 1. The van der Waals surface area contributed by atoms with Crippen molar-refractivity contribution in [2.75, 3.05) is 10.6 Å². The van der Waals surface area contributed by atoms with Crippen molar-refractivity contribution in [3.05, 3.63) is 70.7 Å². The number of nitrogens with zero attached hydrogens (tertiary/aromatic N) is 2. The maximum Gasteiger partial charge on any atom is 0.221 e. The Kier molecular flexibility index (Phi) is 6.99. The molecule has 0 radical (unpaired) electrons. The summed E-state index contributed by atoms with van der Waals surface area (Å²) in [6.07, 6.45) is 2.71. The SMILES string of the molecule is CC(=O)Nc1ccc(N/C=C(/C#N)c2nc(-c3ccc(CC(C)C)cc3)cs2)cc1. The molecule has 30 heavy (non-hydrogen) atoms. The number of nitriles is 1. The number of rotatable bonds is 7. The minimum Gasteiger partial charge on any atom is -0.360 e. The van der Waals surface area contributed by atoms with Crippen molar-refractivity contribution in [3.63, 3.8) is 0 Å². The van der Waals surface area contributed by atoms with E-state index in [1.54, 1.807) is 18.3 Å². The van der Waals surface area contributed by atoms with Gasteiger partial charge in [-0.3, -0.25) is 4.79 Å². The number of nitrogens with one attached hydrogen (secondary N) is 2. The Bertz CT molecular complexity index is 1070. The third-order valence-corrected chi connectivity index (χ3v) is 5.21. The lowest BCUT2D eigenvalue weighted by Gasteiger charge is -2.05. The van der Waals surface area contributed by atoms with Gasteiger partial charge >= 0.3 is 0 Å². The smallest absolute Gasteiger partial charge is 0.221 e. The molecule has 3 aromatic rings. The molecule has 0 atom stereocenters. The standard InChI is InChI=1S/C24H24N4OS/c1-16(2)12-18-4-6-19(7-5-18)23-15-30-24(28-23)20(13-25)14-26-21-8-10-22(11-9-21)27-17(3)29/h4-11,14-16,26H,12H2,1-3H3,(H,27,29)/b20-14-. The van der Waals surface area contributed by atoms with E-state index < -0.39 is 0 Å². The zero-order valence-electron chi connectivity index (χ0n) is 17.3. The largest absolute Gasteiger partial charge is 0.360 e. The fourth-order valence-corrected chi connectivity index (χ4v) is 3.76. The Morgan fingerprint density at radius 3 is 2.40 bits per heavy atom. The van der Waals surface area contributed by atoms with Gasteiger partial charge in [0.25, 0.3) is 0 Å². The Morgan fingerprint density at radius 1 is 1.13 bits per heavy atom. The minimum absolute atomic E-state index is 0.114. The highest BCUT2D eigenvalue weighted by molar-refractivity contribution is 7.11. The van der Waals surface area contributed by atoms with Gasteiger partial charge in [0.1, 0.15) is 16.6 Å². The first-order chi connectivity index (χ1) is 14.4. The van der Waals surface area contributed by atoms with E-state index in [1.165, 1.54) is 23.8 Å². The lowest BCUT2D eigenvalue weighted by Crippen LogP contribution is -2.05. The van der Waals surface area contributed by atoms with E-state index in [-0.39, 0.29) is 5.91 Å². The van der Waals surface area contributed by atoms with E-state index in [0.29, 0.717) is 16.5 Å². The monoisotopic (exact) mass is 416 g/mol. The van der Waals surface area contributed by atoms with Gasteiger partial charge in [0.2, 0.25) is 5.91 Å². The highest BCUT2D eigenvalue weighted by atomic mass is 32.1. The van der Waals surface area contributed by atoms with Crippen molar-refractivity contribution in [2.45, 2.75) is 27.2 Å². The van der Waals surface area contributed by atoms with Crippen LogP contribution in [0.15, 0.2) is 60.1 Å². The predicted molar refractivity (Wildman–Crippen MR) is 124 cm³/mol. The second-order valence-corrected chi connectivity index (χ2v) is 8.26. The molecule has 2 aromatic carbocycles. The number of hydrogen-bond donors (Lipinski definition) is 2. The summed E-state index contributed by atoms with van der Waals surface area (Å²) in [6.45, 7) is 5.89. The Hall–Kier alpha value is -3.43. The summed E-state index contributed by atoms with van der Waals surface area (Å²) in [6, 6.07) is 17.9. The predicted octanol–water partition coefficient (Wildman–Crippen LogP) is 5.94. The number of hydrogen-bond acceptors (Lipinski definition) is 5. The summed E-state index contributed by atoms with van der Waals surface area (Å²) in [4.78, 5) is 15.7. The van der Waals surface area contributed by atoms with Gasteiger partial charge in [-0.1, -0.05) is 38.1 Å². The van der Waals surface area contributed by atoms with E-state index in [0.717, 1.165) is 29.1 Å². The average molecular weight is 417 g/mol. The van der Waals surface area contributed by atoms with Crippen LogP contribution in [-0.4, -0.2) is 10.9 Å². The highest BCUT2D eigenvalue weighted by Crippen LogP contribution is 2.27. The van der Waals surface area contributed by atoms with Gasteiger partial charge in [-0.2, -0.15) is 5.26 Å². The third kappa shape index (κ3) is 5.79. The van der Waals surface area contributed by atoms with Crippen LogP contribution in [-0.2, 0) is 11.2 Å². The molecule has 0 bridgehead atoms. The molecule has 1 amide bonds. The van der Waals surface area contributed by atoms with Crippen molar-refractivity contribution < 1.29 is 4.79 Å². The van der Waals surface area contributed by atoms with Crippen molar-refractivity contribution in [1.29, 1.82) is 5.26 Å². The molecule has 0 aliphatic carbocycles. The number of amides is 1. The third-order valence-electron chi connectivity index (χ3n) is 4.34. The Balaban J connectivity index is 1.71. The summed E-state index contributed by atoms with van der Waals surface area (Å²) >= 11 is 1.45. The van der Waals surface area contributed by atoms with Crippen molar-refractivity contribution in [2.24, 2.45) is 5.92 Å². The van der Waals surface area contributed by atoms with Crippen molar-refractivity contribution in [1.82, 2.24) is 4.98 Å². The van der Waals surface area contributed by atoms with Gasteiger partial charge in [-0.15, -0.1) is 11.3 Å². The molecule has 1 heterocycles. The molecule has 5 nitrogen and oxygen atoms in total. The molecule has 0 unspecified atom stereocenters. The van der Waals surface area contributed by atoms with Crippen LogP contribution in [0.2, 0.25) is 0 Å². The summed E-state index contributed by atoms with van der Waals surface area (Å²) in [5.41, 5.74) is 5.23. The number of carbonyl (C=O) groups excluding carboxylic acids is 1. The van der Waals surface area contributed by atoms with Crippen molar-refractivity contribution in [3.8, 4) is 17.3 Å². The van der Waals surface area contributed by atoms with Crippen molar-refractivity contribution >= 4 is 34.2 Å². The van der Waals surface area contributed by atoms with Gasteiger partial charge in [0, 0.05) is 35.4 Å². The number of carbonyl (C=O) groups is 1. The molecule has 0 aliphatic heterocycles. The maximum atomic E-state index is 11.1. The van der Waals surface area contributed by atoms with Crippen LogP contribution in [0.25, 0.3) is 16.8 Å². The van der Waals surface area contributed by atoms with Gasteiger partial charge in [0.05, 0.1) is 5.69 Å². The van der Waals surface area contributed by atoms with Crippen LogP contribution in [0.3, 0.4) is 0 Å². The molecule has 3 rings (SSSR count). The Labute approximate surface area is 181 Å². The number of anilines is 2. The zero-order valence-corrected chi connectivity index (χ0v) is 18.1. The molecular formula is C24H24N4OS. The lowest BCUT2D eigenvalue weighted by molar-refractivity contribution is -0.114. The van der Waals surface area contributed by atoms with Crippen LogP contribution in [0.5, 0.6) is 0 Å². The van der Waals surface area contributed by atoms with Gasteiger partial charge < -0.3 is 10.6 Å². The summed E-state index contributed by atoms with van der Waals surface area (Å²) in [5.74, 6) is 0.510. The van der Waals surface area contributed by atoms with Gasteiger partial charge in [0.15, 0.2) is 0 Å². The topological polar surface area (TPSA) is 77.8 Å². The molecule has 6 heteroatoms. The van der Waals surface area contributed by atoms with Crippen LogP contribution in [0, 0.1) is 17.2 Å². The molecule has 1 aromatic heterocycles. The van der Waals surface area contributed by atoms with Crippen LogP contribution in [0.1, 0.15) is 31.3 Å². The fourth-order valence-electron chi connectivity index (χ4n) is 2.96. The van der Waals surface area contributed by atoms with Crippen LogP contribution >= 0.6 is 11.3 Å². The normalized spacial score (nSPS) is 11.2. The molecule has 0 spiro atoms. The fraction of sp³-hybridized carbons (Fsp3) is 0.208. The molecular weight excluding hydrogens is 392 g/mol. The van der Waals surface area contributed by atoms with Crippen LogP contribution in [0.4, 0.5) is 11.4 Å². The second-order valence-electron chi connectivity index (χ2n) is 7.41. The van der Waals surface area contributed by atoms with Crippen LogP contribution < -0.4 is 10.6 Å². The number of thiazole rings is 1. The maximum absolute atomic E-state index is 11.1. The molecule has 0 saturated carbocycles. The highest BCUT2D eigenvalue weighted by Gasteiger charge is 2.09. The van der Waals surface area contributed by atoms with E-state index in [4.69, 9.17) is 0 Å². The molecule has 0 fully saturated rings. The van der Waals surface area contributed by atoms with E-state index in [2.05, 4.69) is 59.8 Å². The first-order valence-corrected chi connectivity index (χ1v) is 10.6. The van der Waals surface area contributed by atoms with E-state index in [9.17, 15) is 10.1 Å². The van der Waals surface area contributed by atoms with E-state index in [1.807, 2.05) is 17.5 Å². The quantitative estimate of drug-likeness (QED) is 0.467. The summed E-state index contributed by atoms with van der Waals surface area (Å²) in [7, 11) is 0. The Morgan fingerprint density at radius 2 is 1.80 bits per heavy atom. The summed E-state index contributed by atoms with van der Waals surface area (Å²) < 4.78 is 0.